The summed E-state index contributed by atoms with van der Waals surface area (Å²) in [6.07, 6.45) is 0. The van der Waals surface area contributed by atoms with Gasteiger partial charge in [-0.1, -0.05) is 18.2 Å². The minimum absolute atomic E-state index is 1.10. The molecule has 0 saturated carbocycles. The Balaban J connectivity index is 1.59. The van der Waals surface area contributed by atoms with Crippen LogP contribution in [-0.4, -0.2) is 31.1 Å². The minimum Gasteiger partial charge on any atom is -0.369 e. The lowest BCUT2D eigenvalue weighted by Crippen LogP contribution is -2.46. The molecule has 0 unspecified atom stereocenters. The molecular formula is C16H20N2S. The fourth-order valence-electron chi connectivity index (χ4n) is 2.71. The van der Waals surface area contributed by atoms with Gasteiger partial charge in [0.05, 0.1) is 0 Å². The lowest BCUT2D eigenvalue weighted by atomic mass is 10.1. The monoisotopic (exact) mass is 272 g/mol. The molecule has 100 valence electrons. The molecule has 1 fully saturated rings. The van der Waals surface area contributed by atoms with Crippen molar-refractivity contribution >= 4 is 17.0 Å². The van der Waals surface area contributed by atoms with Crippen LogP contribution in [0.1, 0.15) is 11.1 Å². The summed E-state index contributed by atoms with van der Waals surface area (Å²) in [6.45, 7) is 7.89. The third kappa shape index (κ3) is 2.99. The summed E-state index contributed by atoms with van der Waals surface area (Å²) in [5.41, 5.74) is 4.24. The largest absolute Gasteiger partial charge is 0.369 e. The Morgan fingerprint density at radius 3 is 2.53 bits per heavy atom. The van der Waals surface area contributed by atoms with Crippen LogP contribution >= 0.6 is 11.3 Å². The Morgan fingerprint density at radius 2 is 1.84 bits per heavy atom. The number of piperazine rings is 1. The number of rotatable bonds is 3. The second kappa shape index (κ2) is 5.76. The lowest BCUT2D eigenvalue weighted by molar-refractivity contribution is 0.250. The first-order valence-corrected chi connectivity index (χ1v) is 7.81. The molecule has 0 amide bonds. The van der Waals surface area contributed by atoms with Crippen LogP contribution in [0.25, 0.3) is 0 Å². The molecule has 0 radical (unpaired) electrons. The van der Waals surface area contributed by atoms with Crippen LogP contribution in [-0.2, 0) is 6.54 Å². The van der Waals surface area contributed by atoms with E-state index < -0.39 is 0 Å². The van der Waals surface area contributed by atoms with Crippen molar-refractivity contribution in [3.63, 3.8) is 0 Å². The molecule has 1 aliphatic heterocycles. The van der Waals surface area contributed by atoms with Gasteiger partial charge in [0.25, 0.3) is 0 Å². The quantitative estimate of drug-likeness (QED) is 0.845. The summed E-state index contributed by atoms with van der Waals surface area (Å²) in [5.74, 6) is 0. The molecule has 3 rings (SSSR count). The van der Waals surface area contributed by atoms with E-state index >= 15 is 0 Å². The van der Waals surface area contributed by atoms with Gasteiger partial charge in [0, 0.05) is 38.4 Å². The molecule has 0 spiro atoms. The summed E-state index contributed by atoms with van der Waals surface area (Å²) < 4.78 is 0. The summed E-state index contributed by atoms with van der Waals surface area (Å²) in [5, 5.41) is 4.42. The SMILES string of the molecule is Cc1ccccc1N1CCN(Cc2ccsc2)CC1. The molecule has 0 atom stereocenters. The summed E-state index contributed by atoms with van der Waals surface area (Å²) >= 11 is 1.79. The van der Waals surface area contributed by atoms with Gasteiger partial charge < -0.3 is 4.90 Å². The molecule has 2 aromatic rings. The standard InChI is InChI=1S/C16H20N2S/c1-14-4-2-3-5-16(14)18-9-7-17(8-10-18)12-15-6-11-19-13-15/h2-6,11,13H,7-10,12H2,1H3. The van der Waals surface area contributed by atoms with Gasteiger partial charge >= 0.3 is 0 Å². The van der Waals surface area contributed by atoms with Crippen LogP contribution in [0, 0.1) is 6.92 Å². The van der Waals surface area contributed by atoms with Crippen LogP contribution in [0.15, 0.2) is 41.1 Å². The maximum Gasteiger partial charge on any atom is 0.0396 e. The number of anilines is 1. The van der Waals surface area contributed by atoms with E-state index in [1.807, 2.05) is 0 Å². The Bertz CT molecular complexity index is 513. The van der Waals surface area contributed by atoms with Crippen LogP contribution < -0.4 is 4.90 Å². The third-order valence-corrected chi connectivity index (χ3v) is 4.55. The Kier molecular flexibility index (Phi) is 3.85. The molecule has 1 aromatic heterocycles. The minimum atomic E-state index is 1.10. The Labute approximate surface area is 119 Å². The van der Waals surface area contributed by atoms with Crippen molar-refractivity contribution in [2.24, 2.45) is 0 Å². The molecule has 0 N–H and O–H groups in total. The molecule has 0 bridgehead atoms. The van der Waals surface area contributed by atoms with Crippen molar-refractivity contribution in [2.45, 2.75) is 13.5 Å². The molecule has 2 heterocycles. The molecule has 1 saturated heterocycles. The maximum absolute atomic E-state index is 2.55. The zero-order valence-corrected chi connectivity index (χ0v) is 12.2. The first-order valence-electron chi connectivity index (χ1n) is 6.87. The third-order valence-electron chi connectivity index (χ3n) is 3.81. The average Bonchev–Trinajstić information content (AvgIpc) is 2.93. The number of para-hydroxylation sites is 1. The predicted octanol–water partition coefficient (Wildman–Crippen LogP) is 3.38. The topological polar surface area (TPSA) is 6.48 Å². The highest BCUT2D eigenvalue weighted by Gasteiger charge is 2.18. The zero-order valence-electron chi connectivity index (χ0n) is 11.4. The molecule has 3 heteroatoms. The van der Waals surface area contributed by atoms with E-state index in [9.17, 15) is 0 Å². The molecule has 1 aliphatic rings. The number of hydrogen-bond acceptors (Lipinski definition) is 3. The van der Waals surface area contributed by atoms with Gasteiger partial charge in [-0.25, -0.2) is 0 Å². The van der Waals surface area contributed by atoms with Crippen molar-refractivity contribution in [3.05, 3.63) is 52.2 Å². The smallest absolute Gasteiger partial charge is 0.0396 e. The average molecular weight is 272 g/mol. The lowest BCUT2D eigenvalue weighted by Gasteiger charge is -2.36. The van der Waals surface area contributed by atoms with E-state index in [2.05, 4.69) is 57.8 Å². The fourth-order valence-corrected chi connectivity index (χ4v) is 3.37. The number of hydrogen-bond donors (Lipinski definition) is 0. The highest BCUT2D eigenvalue weighted by molar-refractivity contribution is 7.07. The summed E-state index contributed by atoms with van der Waals surface area (Å²) in [4.78, 5) is 5.07. The van der Waals surface area contributed by atoms with Crippen molar-refractivity contribution in [2.75, 3.05) is 31.1 Å². The highest BCUT2D eigenvalue weighted by Crippen LogP contribution is 2.21. The normalized spacial score (nSPS) is 16.8. The number of thiophene rings is 1. The first kappa shape index (κ1) is 12.7. The van der Waals surface area contributed by atoms with E-state index in [1.54, 1.807) is 11.3 Å². The molecule has 19 heavy (non-hydrogen) atoms. The van der Waals surface area contributed by atoms with Gasteiger partial charge in [0.2, 0.25) is 0 Å². The molecule has 1 aromatic carbocycles. The predicted molar refractivity (Wildman–Crippen MR) is 83.0 cm³/mol. The van der Waals surface area contributed by atoms with E-state index in [0.717, 1.165) is 32.7 Å². The summed E-state index contributed by atoms with van der Waals surface area (Å²) in [6, 6.07) is 10.9. The van der Waals surface area contributed by atoms with E-state index in [4.69, 9.17) is 0 Å². The van der Waals surface area contributed by atoms with Crippen molar-refractivity contribution < 1.29 is 0 Å². The Morgan fingerprint density at radius 1 is 1.05 bits per heavy atom. The van der Waals surface area contributed by atoms with Gasteiger partial charge in [-0.15, -0.1) is 0 Å². The molecule has 0 aliphatic carbocycles. The van der Waals surface area contributed by atoms with Gasteiger partial charge in [0.1, 0.15) is 0 Å². The highest BCUT2D eigenvalue weighted by atomic mass is 32.1. The maximum atomic E-state index is 2.55. The van der Waals surface area contributed by atoms with E-state index in [1.165, 1.54) is 16.8 Å². The van der Waals surface area contributed by atoms with Crippen LogP contribution in [0.3, 0.4) is 0 Å². The number of benzene rings is 1. The first-order chi connectivity index (χ1) is 9.33. The second-order valence-corrected chi connectivity index (χ2v) is 5.96. The van der Waals surface area contributed by atoms with Gasteiger partial charge in [0.15, 0.2) is 0 Å². The van der Waals surface area contributed by atoms with Crippen molar-refractivity contribution in [1.82, 2.24) is 4.90 Å². The van der Waals surface area contributed by atoms with E-state index in [-0.39, 0.29) is 0 Å². The van der Waals surface area contributed by atoms with Gasteiger partial charge in [-0.2, -0.15) is 11.3 Å². The fraction of sp³-hybridized carbons (Fsp3) is 0.375. The van der Waals surface area contributed by atoms with Crippen LogP contribution in [0.5, 0.6) is 0 Å². The molecule has 2 nitrogen and oxygen atoms in total. The number of nitrogens with zero attached hydrogens (tertiary/aromatic N) is 2. The van der Waals surface area contributed by atoms with Crippen LogP contribution in [0.4, 0.5) is 5.69 Å². The van der Waals surface area contributed by atoms with Crippen molar-refractivity contribution in [1.29, 1.82) is 0 Å². The Hall–Kier alpha value is -1.32. The van der Waals surface area contributed by atoms with Gasteiger partial charge in [-0.3, -0.25) is 4.90 Å². The molecular weight excluding hydrogens is 252 g/mol. The van der Waals surface area contributed by atoms with Crippen LogP contribution in [0.2, 0.25) is 0 Å². The van der Waals surface area contributed by atoms with Gasteiger partial charge in [-0.05, 0) is 40.9 Å². The summed E-state index contributed by atoms with van der Waals surface area (Å²) in [7, 11) is 0. The second-order valence-electron chi connectivity index (χ2n) is 5.18. The number of aryl methyl sites for hydroxylation is 1. The van der Waals surface area contributed by atoms with Crippen molar-refractivity contribution in [3.8, 4) is 0 Å². The zero-order chi connectivity index (χ0) is 13.1. The van der Waals surface area contributed by atoms with E-state index in [0.29, 0.717) is 0 Å².